The highest BCUT2D eigenvalue weighted by Gasteiger charge is 2.42. The van der Waals surface area contributed by atoms with Crippen molar-refractivity contribution in [2.45, 2.75) is 132 Å². The van der Waals surface area contributed by atoms with Crippen LogP contribution < -0.4 is 0 Å². The zero-order chi connectivity index (χ0) is 40.4. The molecule has 0 aromatic rings. The molecule has 4 heterocycles. The maximum atomic E-state index is 11.2. The second-order valence-corrected chi connectivity index (χ2v) is 14.8. The molecule has 16 atom stereocenters. The predicted octanol–water partition coefficient (Wildman–Crippen LogP) is 4.48. The van der Waals surface area contributed by atoms with Gasteiger partial charge in [0.05, 0.1) is 48.1 Å². The van der Waals surface area contributed by atoms with Gasteiger partial charge in [-0.1, -0.05) is 53.0 Å². The molecule has 0 aliphatic carbocycles. The minimum Gasteiger partial charge on any atom is -0.457 e. The number of ether oxygens (including phenoxy) is 4. The maximum absolute atomic E-state index is 11.2. The molecule has 4 aliphatic rings. The number of hydrogen-bond acceptors (Lipinski definition) is 12. The Kier molecular flexibility index (Phi) is 18.7. The molecule has 0 saturated carbocycles. The Bertz CT molecular complexity index is 1210. The molecular weight excluding hydrogens is 672 g/mol. The highest BCUT2D eigenvalue weighted by molar-refractivity contribution is 5.75. The summed E-state index contributed by atoms with van der Waals surface area (Å²) in [5.41, 5.74) is 1.57. The number of aliphatic hydroxyl groups excluding tert-OH is 4. The molecule has 12 heteroatoms. The minimum atomic E-state index is -0.622. The standard InChI is InChI=1S/4C10H16O3/c2*1-5(2)9-6(3)8(11)7(4)10(12)13-9;2*1-4-5-8-6(2)9(11)7(3)10(12)13-8/h2*6-9,11H,1H2,2-4H3;2*4-9,11H,1-3H3/b;;2*5-4+/t6-,7-,8+,9-;6-,7-,8-,9-;6-,7+,8+,9+;6-,7+,8+,9-/m1100/s1. The molecular formula is C40H64O12. The van der Waals surface area contributed by atoms with Crippen LogP contribution in [0.1, 0.15) is 83.1 Å². The first kappa shape index (κ1) is 46.7. The molecule has 12 nitrogen and oxygen atoms in total. The van der Waals surface area contributed by atoms with Crippen molar-refractivity contribution >= 4 is 23.9 Å². The Hall–Kier alpha value is -3.32. The highest BCUT2D eigenvalue weighted by Crippen LogP contribution is 2.31. The lowest BCUT2D eigenvalue weighted by atomic mass is 9.84. The third kappa shape index (κ3) is 11.8. The smallest absolute Gasteiger partial charge is 0.311 e. The number of aliphatic hydroxyl groups is 4. The number of cyclic esters (lactones) is 4. The van der Waals surface area contributed by atoms with E-state index in [4.69, 9.17) is 18.9 Å². The molecule has 0 bridgehead atoms. The van der Waals surface area contributed by atoms with Crippen molar-refractivity contribution in [1.29, 1.82) is 0 Å². The molecule has 52 heavy (non-hydrogen) atoms. The molecule has 0 radical (unpaired) electrons. The van der Waals surface area contributed by atoms with Crippen molar-refractivity contribution in [2.24, 2.45) is 47.3 Å². The monoisotopic (exact) mass is 736 g/mol. The molecule has 0 amide bonds. The summed E-state index contributed by atoms with van der Waals surface area (Å²) < 4.78 is 20.6. The molecule has 0 aromatic carbocycles. The molecule has 4 fully saturated rings. The molecule has 4 aliphatic heterocycles. The fourth-order valence-corrected chi connectivity index (χ4v) is 6.41. The summed E-state index contributed by atoms with van der Waals surface area (Å²) in [6.45, 7) is 29.1. The van der Waals surface area contributed by atoms with Crippen LogP contribution in [0.25, 0.3) is 0 Å². The minimum absolute atomic E-state index is 0.0242. The fraction of sp³-hybridized carbons (Fsp3) is 0.700. The SMILES string of the molecule is C/C=C/[C@H]1OC(=O)[C@H](C)[C@@H](O)[C@H]1C.C/C=C/[C@H]1OC(=O)[C@H](C)[C@H](O)[C@H]1C.C=C(C)[C@H]1OC(=O)[C@H](C)[C@@H](O)[C@H]1C.C=C(C)[C@H]1OC(=O)[C@H](C)[C@H](O)[C@H]1C. The van der Waals surface area contributed by atoms with Crippen LogP contribution in [-0.2, 0) is 38.1 Å². The summed E-state index contributed by atoms with van der Waals surface area (Å²) in [5, 5.41) is 38.7. The van der Waals surface area contributed by atoms with Gasteiger partial charge in [0.25, 0.3) is 0 Å². The quantitative estimate of drug-likeness (QED) is 0.180. The second kappa shape index (κ2) is 20.8. The maximum Gasteiger partial charge on any atom is 0.311 e. The Labute approximate surface area is 309 Å². The number of allylic oxidation sites excluding steroid dienone is 2. The Balaban J connectivity index is 0.000000347. The number of esters is 4. The molecule has 0 aromatic heterocycles. The van der Waals surface area contributed by atoms with E-state index in [1.165, 1.54) is 0 Å². The third-order valence-electron chi connectivity index (χ3n) is 10.4. The number of rotatable bonds is 4. The number of carbonyl (C=O) groups excluding carboxylic acids is 4. The lowest BCUT2D eigenvalue weighted by molar-refractivity contribution is -0.174. The first-order valence-electron chi connectivity index (χ1n) is 18.2. The lowest BCUT2D eigenvalue weighted by Gasteiger charge is -2.36. The average molecular weight is 737 g/mol. The Morgan fingerprint density at radius 1 is 0.481 bits per heavy atom. The normalized spacial score (nSPS) is 40.3. The topological polar surface area (TPSA) is 186 Å². The van der Waals surface area contributed by atoms with E-state index in [2.05, 4.69) is 13.2 Å². The van der Waals surface area contributed by atoms with Crippen molar-refractivity contribution in [2.75, 3.05) is 0 Å². The van der Waals surface area contributed by atoms with Crippen LogP contribution in [0.4, 0.5) is 0 Å². The summed E-state index contributed by atoms with van der Waals surface area (Å²) in [5.74, 6) is -3.13. The van der Waals surface area contributed by atoms with Crippen LogP contribution in [0.2, 0.25) is 0 Å². The zero-order valence-corrected chi connectivity index (χ0v) is 33.0. The van der Waals surface area contributed by atoms with Crippen LogP contribution in [-0.4, -0.2) is 93.1 Å². The molecule has 4 N–H and O–H groups in total. The van der Waals surface area contributed by atoms with Gasteiger partial charge < -0.3 is 39.4 Å². The molecule has 4 saturated heterocycles. The van der Waals surface area contributed by atoms with Gasteiger partial charge in [-0.05, 0) is 78.7 Å². The summed E-state index contributed by atoms with van der Waals surface area (Å²) >= 11 is 0. The highest BCUT2D eigenvalue weighted by atomic mass is 16.6. The van der Waals surface area contributed by atoms with Crippen molar-refractivity contribution in [3.8, 4) is 0 Å². The largest absolute Gasteiger partial charge is 0.457 e. The van der Waals surface area contributed by atoms with Gasteiger partial charge in [0, 0.05) is 23.7 Å². The van der Waals surface area contributed by atoms with Gasteiger partial charge in [-0.15, -0.1) is 0 Å². The van der Waals surface area contributed by atoms with Crippen molar-refractivity contribution in [3.05, 3.63) is 48.6 Å². The summed E-state index contributed by atoms with van der Waals surface area (Å²) in [7, 11) is 0. The predicted molar refractivity (Wildman–Crippen MR) is 196 cm³/mol. The number of carbonyl (C=O) groups is 4. The third-order valence-corrected chi connectivity index (χ3v) is 10.4. The molecule has 296 valence electrons. The Morgan fingerprint density at radius 3 is 0.942 bits per heavy atom. The average Bonchev–Trinajstić information content (AvgIpc) is 3.09. The van der Waals surface area contributed by atoms with E-state index >= 15 is 0 Å². The zero-order valence-electron chi connectivity index (χ0n) is 33.0. The summed E-state index contributed by atoms with van der Waals surface area (Å²) in [4.78, 5) is 44.9. The molecule has 0 unspecified atom stereocenters. The fourth-order valence-electron chi connectivity index (χ4n) is 6.41. The van der Waals surface area contributed by atoms with Crippen LogP contribution >= 0.6 is 0 Å². The van der Waals surface area contributed by atoms with Gasteiger partial charge in [0.15, 0.2) is 0 Å². The molecule has 0 spiro atoms. The summed E-state index contributed by atoms with van der Waals surface area (Å²) in [6, 6.07) is 0. The van der Waals surface area contributed by atoms with Crippen LogP contribution in [0.5, 0.6) is 0 Å². The van der Waals surface area contributed by atoms with Gasteiger partial charge >= 0.3 is 23.9 Å². The van der Waals surface area contributed by atoms with Crippen LogP contribution in [0.15, 0.2) is 48.6 Å². The van der Waals surface area contributed by atoms with Gasteiger partial charge in [0.2, 0.25) is 0 Å². The first-order valence-corrected chi connectivity index (χ1v) is 18.2. The van der Waals surface area contributed by atoms with Gasteiger partial charge in [0.1, 0.15) is 24.4 Å². The van der Waals surface area contributed by atoms with Crippen molar-refractivity contribution in [1.82, 2.24) is 0 Å². The van der Waals surface area contributed by atoms with E-state index in [0.717, 1.165) is 11.1 Å². The van der Waals surface area contributed by atoms with Crippen molar-refractivity contribution < 1.29 is 58.6 Å². The number of hydrogen-bond donors (Lipinski definition) is 4. The van der Waals surface area contributed by atoms with Crippen molar-refractivity contribution in [3.63, 3.8) is 0 Å². The van der Waals surface area contributed by atoms with Gasteiger partial charge in [-0.25, -0.2) is 0 Å². The summed E-state index contributed by atoms with van der Waals surface area (Å²) in [6.07, 6.45) is 3.62. The van der Waals surface area contributed by atoms with E-state index in [-0.39, 0.29) is 72.0 Å². The molecule has 4 rings (SSSR count). The van der Waals surface area contributed by atoms with E-state index in [0.29, 0.717) is 0 Å². The van der Waals surface area contributed by atoms with Crippen LogP contribution in [0, 0.1) is 47.3 Å². The second-order valence-electron chi connectivity index (χ2n) is 14.8. The van der Waals surface area contributed by atoms with Gasteiger partial charge in [-0.3, -0.25) is 19.2 Å². The first-order chi connectivity index (χ1) is 24.0. The van der Waals surface area contributed by atoms with Crippen LogP contribution in [0.3, 0.4) is 0 Å². The van der Waals surface area contributed by atoms with E-state index in [1.54, 1.807) is 53.7 Å². The van der Waals surface area contributed by atoms with E-state index in [1.807, 2.05) is 53.7 Å². The Morgan fingerprint density at radius 2 is 0.712 bits per heavy atom. The lowest BCUT2D eigenvalue weighted by Crippen LogP contribution is -2.46. The van der Waals surface area contributed by atoms with E-state index in [9.17, 15) is 39.6 Å². The van der Waals surface area contributed by atoms with Gasteiger partial charge in [-0.2, -0.15) is 0 Å². The van der Waals surface area contributed by atoms with E-state index < -0.39 is 48.1 Å².